The SMILES string of the molecule is Cc1ccc(-c2noc(CN(C(=O)C3CCCN(c4ccc(C)cc4)C3)C(C)C)n2)cc1. The molecule has 1 saturated heterocycles. The van der Waals surface area contributed by atoms with Gasteiger partial charge in [0.2, 0.25) is 17.6 Å². The van der Waals surface area contributed by atoms with Gasteiger partial charge in [-0.15, -0.1) is 0 Å². The van der Waals surface area contributed by atoms with Crippen LogP contribution in [0.5, 0.6) is 0 Å². The molecule has 1 aromatic heterocycles. The first-order chi connectivity index (χ1) is 15.4. The molecule has 1 aliphatic rings. The molecule has 2 heterocycles. The number of piperidine rings is 1. The monoisotopic (exact) mass is 432 g/mol. The van der Waals surface area contributed by atoms with Gasteiger partial charge in [0.1, 0.15) is 6.54 Å². The van der Waals surface area contributed by atoms with Crippen molar-refractivity contribution in [2.45, 2.75) is 53.1 Å². The zero-order valence-electron chi connectivity index (χ0n) is 19.4. The summed E-state index contributed by atoms with van der Waals surface area (Å²) in [4.78, 5) is 22.2. The number of aromatic nitrogens is 2. The highest BCUT2D eigenvalue weighted by molar-refractivity contribution is 5.80. The molecule has 1 atom stereocenters. The Morgan fingerprint density at radius 2 is 1.75 bits per heavy atom. The van der Waals surface area contributed by atoms with E-state index in [1.165, 1.54) is 16.8 Å². The second kappa shape index (κ2) is 9.55. The Kier molecular flexibility index (Phi) is 6.58. The number of benzene rings is 2. The molecule has 6 heteroatoms. The van der Waals surface area contributed by atoms with Gasteiger partial charge >= 0.3 is 0 Å². The maximum atomic E-state index is 13.5. The largest absolute Gasteiger partial charge is 0.371 e. The Morgan fingerprint density at radius 1 is 1.09 bits per heavy atom. The molecule has 2 aromatic carbocycles. The Morgan fingerprint density at radius 3 is 2.41 bits per heavy atom. The number of carbonyl (C=O) groups excluding carboxylic acids is 1. The van der Waals surface area contributed by atoms with Gasteiger partial charge in [-0.1, -0.05) is 52.7 Å². The van der Waals surface area contributed by atoms with Crippen LogP contribution in [0, 0.1) is 19.8 Å². The highest BCUT2D eigenvalue weighted by atomic mass is 16.5. The van der Waals surface area contributed by atoms with E-state index in [0.29, 0.717) is 18.3 Å². The number of nitrogens with zero attached hydrogens (tertiary/aromatic N) is 4. The van der Waals surface area contributed by atoms with Crippen LogP contribution in [0.25, 0.3) is 11.4 Å². The van der Waals surface area contributed by atoms with Gasteiger partial charge in [-0.05, 0) is 52.7 Å². The first-order valence-electron chi connectivity index (χ1n) is 11.4. The topological polar surface area (TPSA) is 62.5 Å². The number of hydrogen-bond acceptors (Lipinski definition) is 5. The number of carbonyl (C=O) groups is 1. The Hall–Kier alpha value is -3.15. The fourth-order valence-electron chi connectivity index (χ4n) is 4.20. The first kappa shape index (κ1) is 22.1. The third kappa shape index (κ3) is 5.01. The molecule has 168 valence electrons. The van der Waals surface area contributed by atoms with Gasteiger partial charge in [-0.3, -0.25) is 4.79 Å². The maximum Gasteiger partial charge on any atom is 0.246 e. The summed E-state index contributed by atoms with van der Waals surface area (Å²) in [5, 5.41) is 4.13. The van der Waals surface area contributed by atoms with Gasteiger partial charge in [-0.2, -0.15) is 4.98 Å². The van der Waals surface area contributed by atoms with Gasteiger partial charge < -0.3 is 14.3 Å². The molecule has 0 aliphatic carbocycles. The van der Waals surface area contributed by atoms with Crippen molar-refractivity contribution in [1.82, 2.24) is 15.0 Å². The van der Waals surface area contributed by atoms with E-state index >= 15 is 0 Å². The van der Waals surface area contributed by atoms with Crippen LogP contribution in [-0.4, -0.2) is 40.1 Å². The predicted octanol–water partition coefficient (Wildman–Crippen LogP) is 5.01. The van der Waals surface area contributed by atoms with Crippen molar-refractivity contribution in [3.63, 3.8) is 0 Å². The standard InChI is InChI=1S/C26H32N4O2/c1-18(2)30(17-24-27-25(28-32-24)21-11-7-19(3)8-12-21)26(31)22-6-5-15-29(16-22)23-13-9-20(4)10-14-23/h7-14,18,22H,5-6,15-17H2,1-4H3. The van der Waals surface area contributed by atoms with Crippen LogP contribution >= 0.6 is 0 Å². The van der Waals surface area contributed by atoms with E-state index in [1.54, 1.807) is 0 Å². The molecule has 1 aliphatic heterocycles. The highest BCUT2D eigenvalue weighted by Gasteiger charge is 2.31. The van der Waals surface area contributed by atoms with Gasteiger partial charge in [0.05, 0.1) is 5.92 Å². The quantitative estimate of drug-likeness (QED) is 0.548. The average Bonchev–Trinajstić information content (AvgIpc) is 3.26. The molecule has 32 heavy (non-hydrogen) atoms. The maximum absolute atomic E-state index is 13.5. The summed E-state index contributed by atoms with van der Waals surface area (Å²) in [6.45, 7) is 10.3. The van der Waals surface area contributed by atoms with Crippen molar-refractivity contribution >= 4 is 11.6 Å². The second-order valence-corrected chi connectivity index (χ2v) is 9.06. The van der Waals surface area contributed by atoms with Crippen LogP contribution in [-0.2, 0) is 11.3 Å². The van der Waals surface area contributed by atoms with Crippen LogP contribution in [0.15, 0.2) is 53.1 Å². The molecule has 0 spiro atoms. The third-order valence-corrected chi connectivity index (χ3v) is 6.16. The minimum atomic E-state index is -0.0352. The van der Waals surface area contributed by atoms with Gasteiger partial charge in [0.25, 0.3) is 0 Å². The lowest BCUT2D eigenvalue weighted by Gasteiger charge is -2.37. The van der Waals surface area contributed by atoms with E-state index in [4.69, 9.17) is 4.52 Å². The summed E-state index contributed by atoms with van der Waals surface area (Å²) in [6, 6.07) is 16.6. The molecular weight excluding hydrogens is 400 g/mol. The third-order valence-electron chi connectivity index (χ3n) is 6.16. The number of rotatable bonds is 6. The Balaban J connectivity index is 1.46. The van der Waals surface area contributed by atoms with Crippen LogP contribution < -0.4 is 4.90 Å². The molecule has 1 amide bonds. The summed E-state index contributed by atoms with van der Waals surface area (Å²) in [7, 11) is 0. The predicted molar refractivity (Wildman–Crippen MR) is 126 cm³/mol. The molecule has 0 N–H and O–H groups in total. The molecule has 3 aromatic rings. The van der Waals surface area contributed by atoms with E-state index in [-0.39, 0.29) is 17.9 Å². The summed E-state index contributed by atoms with van der Waals surface area (Å²) in [6.07, 6.45) is 1.91. The first-order valence-corrected chi connectivity index (χ1v) is 11.4. The summed E-state index contributed by atoms with van der Waals surface area (Å²) in [5.41, 5.74) is 4.52. The highest BCUT2D eigenvalue weighted by Crippen LogP contribution is 2.26. The fourth-order valence-corrected chi connectivity index (χ4v) is 4.20. The number of aryl methyl sites for hydroxylation is 2. The van der Waals surface area contributed by atoms with Crippen molar-refractivity contribution < 1.29 is 9.32 Å². The Bertz CT molecular complexity index is 1040. The summed E-state index contributed by atoms with van der Waals surface area (Å²) >= 11 is 0. The molecule has 4 rings (SSSR count). The smallest absolute Gasteiger partial charge is 0.246 e. The van der Waals surface area contributed by atoms with Gasteiger partial charge in [0.15, 0.2) is 0 Å². The normalized spacial score (nSPS) is 16.4. The average molecular weight is 433 g/mol. The van der Waals surface area contributed by atoms with Crippen LogP contribution in [0.2, 0.25) is 0 Å². The number of amides is 1. The van der Waals surface area contributed by atoms with Gasteiger partial charge in [0, 0.05) is 30.4 Å². The van der Waals surface area contributed by atoms with E-state index in [9.17, 15) is 4.79 Å². The van der Waals surface area contributed by atoms with Gasteiger partial charge in [-0.25, -0.2) is 0 Å². The van der Waals surface area contributed by atoms with Crippen molar-refractivity contribution in [2.75, 3.05) is 18.0 Å². The van der Waals surface area contributed by atoms with Crippen molar-refractivity contribution in [2.24, 2.45) is 5.92 Å². The van der Waals surface area contributed by atoms with Crippen LogP contribution in [0.1, 0.15) is 43.7 Å². The minimum Gasteiger partial charge on any atom is -0.371 e. The fraction of sp³-hybridized carbons (Fsp3) is 0.423. The molecular formula is C26H32N4O2. The van der Waals surface area contributed by atoms with E-state index in [1.807, 2.05) is 49.9 Å². The summed E-state index contributed by atoms with van der Waals surface area (Å²) < 4.78 is 5.50. The molecule has 0 bridgehead atoms. The minimum absolute atomic E-state index is 0.0352. The zero-order chi connectivity index (χ0) is 22.7. The molecule has 0 saturated carbocycles. The van der Waals surface area contributed by atoms with Crippen molar-refractivity contribution in [3.8, 4) is 11.4 Å². The van der Waals surface area contributed by atoms with Crippen LogP contribution in [0.4, 0.5) is 5.69 Å². The lowest BCUT2D eigenvalue weighted by molar-refractivity contribution is -0.138. The van der Waals surface area contributed by atoms with Crippen LogP contribution in [0.3, 0.4) is 0 Å². The van der Waals surface area contributed by atoms with E-state index in [0.717, 1.165) is 31.5 Å². The summed E-state index contributed by atoms with van der Waals surface area (Å²) in [5.74, 6) is 1.15. The van der Waals surface area contributed by atoms with Crippen molar-refractivity contribution in [3.05, 3.63) is 65.5 Å². The molecule has 1 fully saturated rings. The Labute approximate surface area is 190 Å². The molecule has 0 radical (unpaired) electrons. The molecule has 6 nitrogen and oxygen atoms in total. The lowest BCUT2D eigenvalue weighted by atomic mass is 9.95. The van der Waals surface area contributed by atoms with E-state index in [2.05, 4.69) is 46.2 Å². The lowest BCUT2D eigenvalue weighted by Crippen LogP contribution is -2.47. The number of anilines is 1. The molecule has 1 unspecified atom stereocenters. The zero-order valence-corrected chi connectivity index (χ0v) is 19.4. The number of hydrogen-bond donors (Lipinski definition) is 0. The van der Waals surface area contributed by atoms with E-state index < -0.39 is 0 Å². The van der Waals surface area contributed by atoms with Crippen molar-refractivity contribution in [1.29, 1.82) is 0 Å². The second-order valence-electron chi connectivity index (χ2n) is 9.06.